The summed E-state index contributed by atoms with van der Waals surface area (Å²) in [5, 5.41) is 0. The molecule has 0 atom stereocenters. The van der Waals surface area contributed by atoms with Gasteiger partial charge in [-0.3, -0.25) is 0 Å². The molecule has 0 aromatic heterocycles. The number of anilines is 1. The van der Waals surface area contributed by atoms with Crippen LogP contribution in [0.3, 0.4) is 0 Å². The van der Waals surface area contributed by atoms with Crippen molar-refractivity contribution in [3.63, 3.8) is 0 Å². The van der Waals surface area contributed by atoms with E-state index in [1.165, 1.54) is 14.2 Å². The van der Waals surface area contributed by atoms with Crippen LogP contribution in [-0.2, 0) is 19.1 Å². The van der Waals surface area contributed by atoms with Crippen LogP contribution in [0.1, 0.15) is 12.5 Å². The van der Waals surface area contributed by atoms with E-state index in [1.807, 2.05) is 31.2 Å². The van der Waals surface area contributed by atoms with Gasteiger partial charge in [0.15, 0.2) is 0 Å². The third-order valence-electron chi connectivity index (χ3n) is 3.64. The molecule has 2 rings (SSSR count). The maximum absolute atomic E-state index is 12.2. The first-order valence-electron chi connectivity index (χ1n) is 6.18. The van der Waals surface area contributed by atoms with E-state index in [-0.39, 0.29) is 0 Å². The van der Waals surface area contributed by atoms with Crippen molar-refractivity contribution >= 4 is 23.2 Å². The minimum atomic E-state index is -1.58. The third-order valence-corrected chi connectivity index (χ3v) is 3.64. The van der Waals surface area contributed by atoms with Gasteiger partial charge in [-0.2, -0.15) is 0 Å². The molecular weight excluding hydrogens is 258 g/mol. The summed E-state index contributed by atoms with van der Waals surface area (Å²) in [6, 6.07) is 7.56. The van der Waals surface area contributed by atoms with Crippen molar-refractivity contribution in [2.45, 2.75) is 12.5 Å². The molecule has 0 fully saturated rings. The molecule has 1 heterocycles. The van der Waals surface area contributed by atoms with Gasteiger partial charge < -0.3 is 14.4 Å². The van der Waals surface area contributed by atoms with Crippen molar-refractivity contribution in [3.05, 3.63) is 35.9 Å². The minimum Gasteiger partial charge on any atom is -0.467 e. The average molecular weight is 275 g/mol. The van der Waals surface area contributed by atoms with E-state index in [0.29, 0.717) is 0 Å². The monoisotopic (exact) mass is 275 g/mol. The smallest absolute Gasteiger partial charge is 0.347 e. The largest absolute Gasteiger partial charge is 0.467 e. The first kappa shape index (κ1) is 14.1. The van der Waals surface area contributed by atoms with Crippen molar-refractivity contribution in [3.8, 4) is 0 Å². The second-order valence-electron chi connectivity index (χ2n) is 4.65. The highest BCUT2D eigenvalue weighted by molar-refractivity contribution is 6.13. The zero-order valence-electron chi connectivity index (χ0n) is 12.0. The molecule has 0 saturated carbocycles. The van der Waals surface area contributed by atoms with Crippen LogP contribution in [0.15, 0.2) is 30.3 Å². The molecule has 0 spiro atoms. The highest BCUT2D eigenvalue weighted by atomic mass is 16.5. The molecule has 0 unspecified atom stereocenters. The molecule has 106 valence electrons. The zero-order valence-corrected chi connectivity index (χ0v) is 12.0. The Bertz CT molecular complexity index is 575. The molecule has 5 nitrogen and oxygen atoms in total. The van der Waals surface area contributed by atoms with Crippen molar-refractivity contribution in [2.75, 3.05) is 26.2 Å². The molecule has 5 heteroatoms. The Hall–Kier alpha value is -2.30. The van der Waals surface area contributed by atoms with E-state index in [0.717, 1.165) is 16.8 Å². The Balaban J connectivity index is 2.70. The lowest BCUT2D eigenvalue weighted by atomic mass is 9.86. The number of benzene rings is 1. The van der Waals surface area contributed by atoms with Crippen LogP contribution in [0, 0.1) is 0 Å². The van der Waals surface area contributed by atoms with E-state index in [4.69, 9.17) is 9.47 Å². The lowest BCUT2D eigenvalue weighted by molar-refractivity contribution is -0.158. The van der Waals surface area contributed by atoms with E-state index < -0.39 is 17.5 Å². The van der Waals surface area contributed by atoms with Gasteiger partial charge in [-0.1, -0.05) is 18.2 Å². The standard InChI is InChI=1S/C15H17NO4/c1-10-9-15(13(17)19-3,14(18)20-4)16(2)12-8-6-5-7-11(10)12/h5-9H,1-4H3. The Kier molecular flexibility index (Phi) is 3.53. The van der Waals surface area contributed by atoms with Gasteiger partial charge >= 0.3 is 11.9 Å². The molecule has 1 aromatic carbocycles. The van der Waals surface area contributed by atoms with E-state index >= 15 is 0 Å². The van der Waals surface area contributed by atoms with Gasteiger partial charge in [0, 0.05) is 18.3 Å². The summed E-state index contributed by atoms with van der Waals surface area (Å²) >= 11 is 0. The number of hydrogen-bond acceptors (Lipinski definition) is 5. The lowest BCUT2D eigenvalue weighted by Crippen LogP contribution is -2.60. The first-order chi connectivity index (χ1) is 9.48. The fourth-order valence-corrected chi connectivity index (χ4v) is 2.56. The van der Waals surface area contributed by atoms with Crippen molar-refractivity contribution < 1.29 is 19.1 Å². The fourth-order valence-electron chi connectivity index (χ4n) is 2.56. The molecule has 1 aliphatic rings. The Morgan fingerprint density at radius 2 is 1.65 bits per heavy atom. The molecule has 1 aromatic rings. The van der Waals surface area contributed by atoms with Crippen molar-refractivity contribution in [2.24, 2.45) is 0 Å². The molecular formula is C15H17NO4. The number of carbonyl (C=O) groups is 2. The summed E-state index contributed by atoms with van der Waals surface area (Å²) in [5.74, 6) is -1.33. The number of fused-ring (bicyclic) bond motifs is 1. The van der Waals surface area contributed by atoms with E-state index in [9.17, 15) is 9.59 Å². The summed E-state index contributed by atoms with van der Waals surface area (Å²) in [6.45, 7) is 1.85. The number of nitrogens with zero attached hydrogens (tertiary/aromatic N) is 1. The number of para-hydroxylation sites is 1. The van der Waals surface area contributed by atoms with E-state index in [2.05, 4.69) is 0 Å². The van der Waals surface area contributed by atoms with Gasteiger partial charge in [-0.05, 0) is 24.6 Å². The van der Waals surface area contributed by atoms with Crippen LogP contribution in [0.4, 0.5) is 5.69 Å². The van der Waals surface area contributed by atoms with Crippen LogP contribution >= 0.6 is 0 Å². The Morgan fingerprint density at radius 1 is 1.10 bits per heavy atom. The maximum Gasteiger partial charge on any atom is 0.347 e. The SMILES string of the molecule is COC(=O)C1(C(=O)OC)C=C(C)c2ccccc2N1C. The minimum absolute atomic E-state index is 0.666. The van der Waals surface area contributed by atoms with Gasteiger partial charge in [0.2, 0.25) is 0 Å². The number of ether oxygens (including phenoxy) is 2. The van der Waals surface area contributed by atoms with Gasteiger partial charge in [0.25, 0.3) is 5.54 Å². The quantitative estimate of drug-likeness (QED) is 0.606. The summed E-state index contributed by atoms with van der Waals surface area (Å²) in [4.78, 5) is 26.1. The summed E-state index contributed by atoms with van der Waals surface area (Å²) < 4.78 is 9.65. The topological polar surface area (TPSA) is 55.8 Å². The van der Waals surface area contributed by atoms with Crippen molar-refractivity contribution in [1.82, 2.24) is 0 Å². The Labute approximate surface area is 117 Å². The summed E-state index contributed by atoms with van der Waals surface area (Å²) in [7, 11) is 4.19. The number of hydrogen-bond donors (Lipinski definition) is 0. The highest BCUT2D eigenvalue weighted by Gasteiger charge is 2.53. The van der Waals surface area contributed by atoms with Crippen LogP contribution in [0.25, 0.3) is 5.57 Å². The number of methoxy groups -OCH3 is 2. The normalized spacial score (nSPS) is 16.0. The summed E-state index contributed by atoms with van der Waals surface area (Å²) in [5.41, 5.74) is 0.998. The number of allylic oxidation sites excluding steroid dienone is 1. The molecule has 0 radical (unpaired) electrons. The van der Waals surface area contributed by atoms with Gasteiger partial charge in [0.05, 0.1) is 14.2 Å². The second kappa shape index (κ2) is 5.00. The molecule has 0 aliphatic carbocycles. The molecule has 0 N–H and O–H groups in total. The predicted molar refractivity (Wildman–Crippen MR) is 75.3 cm³/mol. The van der Waals surface area contributed by atoms with Crippen molar-refractivity contribution in [1.29, 1.82) is 0 Å². The van der Waals surface area contributed by atoms with Gasteiger partial charge in [-0.25, -0.2) is 9.59 Å². The average Bonchev–Trinajstić information content (AvgIpc) is 2.49. The maximum atomic E-state index is 12.2. The second-order valence-corrected chi connectivity index (χ2v) is 4.65. The molecule has 0 bridgehead atoms. The van der Waals surface area contributed by atoms with Gasteiger partial charge in [-0.15, -0.1) is 0 Å². The number of likely N-dealkylation sites (N-methyl/N-ethyl adjacent to an activating group) is 1. The highest BCUT2D eigenvalue weighted by Crippen LogP contribution is 2.39. The zero-order chi connectivity index (χ0) is 14.9. The van der Waals surface area contributed by atoms with Crippen LogP contribution in [-0.4, -0.2) is 38.7 Å². The Morgan fingerprint density at radius 3 is 2.20 bits per heavy atom. The van der Waals surface area contributed by atoms with Gasteiger partial charge in [0.1, 0.15) is 0 Å². The van der Waals surface area contributed by atoms with Crippen LogP contribution < -0.4 is 4.90 Å². The van der Waals surface area contributed by atoms with E-state index in [1.54, 1.807) is 18.0 Å². The number of rotatable bonds is 2. The summed E-state index contributed by atoms with van der Waals surface area (Å²) in [6.07, 6.45) is 1.59. The molecule has 0 saturated heterocycles. The van der Waals surface area contributed by atoms with Crippen LogP contribution in [0.2, 0.25) is 0 Å². The third kappa shape index (κ3) is 1.78. The number of esters is 2. The molecule has 1 aliphatic heterocycles. The number of carbonyl (C=O) groups excluding carboxylic acids is 2. The molecule has 0 amide bonds. The van der Waals surface area contributed by atoms with Crippen LogP contribution in [0.5, 0.6) is 0 Å². The first-order valence-corrected chi connectivity index (χ1v) is 6.18. The molecule has 20 heavy (non-hydrogen) atoms. The lowest BCUT2D eigenvalue weighted by Gasteiger charge is -2.40. The predicted octanol–water partition coefficient (Wildman–Crippen LogP) is 1.62. The fraction of sp³-hybridized carbons (Fsp3) is 0.333.